The number of ether oxygens (including phenoxy) is 2. The van der Waals surface area contributed by atoms with E-state index in [0.29, 0.717) is 138 Å². The zero-order chi connectivity index (χ0) is 98.0. The summed E-state index contributed by atoms with van der Waals surface area (Å²) in [6.07, 6.45) is 11.1. The molecule has 0 radical (unpaired) electrons. The van der Waals surface area contributed by atoms with Gasteiger partial charge in [0.05, 0.1) is 40.9 Å². The number of carboxylic acid groups (broad SMARTS) is 2. The number of aromatic amines is 2. The minimum Gasteiger partial charge on any atom is -0.480 e. The summed E-state index contributed by atoms with van der Waals surface area (Å²) >= 11 is 0. The molecule has 4 heterocycles. The van der Waals surface area contributed by atoms with Gasteiger partial charge in [0.1, 0.15) is 23.2 Å². The number of nitrogens with one attached hydrogen (secondary N) is 15. The fraction of sp³-hybridized carbons (Fsp3) is 0.453. The van der Waals surface area contributed by atoms with E-state index < -0.39 is 91.6 Å². The number of H-pyrrole nitrogens is 2. The van der Waals surface area contributed by atoms with E-state index in [-0.39, 0.29) is 159 Å². The number of halogens is 3. The van der Waals surface area contributed by atoms with Gasteiger partial charge in [0.25, 0.3) is 19.2 Å². The normalized spacial score (nSPS) is 11.6. The van der Waals surface area contributed by atoms with Gasteiger partial charge in [-0.05, 0) is 138 Å². The highest BCUT2D eigenvalue weighted by Crippen LogP contribution is 2.25. The Morgan fingerprint density at radius 1 is 0.492 bits per heavy atom. The van der Waals surface area contributed by atoms with Crippen LogP contribution < -0.4 is 73.5 Å². The highest BCUT2D eigenvalue weighted by atomic mass is 32.2. The average molecular weight is 1870 g/mol. The average Bonchev–Trinajstić information content (AvgIpc) is 1.08. The SMILES string of the molecule is C.CF.CF.Cc1cc(C)c(S(=O)(=O)N[C@@H](CNC(=O)c2cn(CCCNC(=O)CCC(=O)NCCCOCCCNC(=O)CCC(=N)C(=O)NCCCOCCCNC(=O)CCC(=O)NCCCn3cc(C(=O)NC[C@H](NS(=O)(=O)c4c(C)cc(C)cc4C)C(=O)O)c(=O)c4ccc(CNc5ncc[nH]5)cc43)c3cc(CNc4ncc[nH]4)ccc3c2=O)C(=O)O)c(C)c1.[3H]F.[3H][3H]. The smallest absolute Gasteiger partial charge is 0.323 e. The number of fused-ring (bicyclic) bond motifs is 2. The number of nitrogens with zero attached hydrogens (tertiary/aromatic N) is 4. The number of pyridine rings is 2. The summed E-state index contributed by atoms with van der Waals surface area (Å²) in [5.41, 5.74) is 3.43. The van der Waals surface area contributed by atoms with Crippen LogP contribution in [0.4, 0.5) is 25.4 Å². The van der Waals surface area contributed by atoms with Gasteiger partial charge < -0.3 is 92.0 Å². The Hall–Kier alpha value is -12.8. The fourth-order valence-corrected chi connectivity index (χ4v) is 16.9. The van der Waals surface area contributed by atoms with Gasteiger partial charge in [0.2, 0.25) is 60.4 Å². The first-order chi connectivity index (χ1) is 63.2. The molecule has 44 heteroatoms. The van der Waals surface area contributed by atoms with Crippen molar-refractivity contribution in [2.75, 3.05) is 104 Å². The molecule has 0 aliphatic rings. The van der Waals surface area contributed by atoms with Crippen molar-refractivity contribution >= 4 is 119 Å². The molecule has 4 aromatic carbocycles. The number of amides is 8. The van der Waals surface area contributed by atoms with Crippen LogP contribution in [0.15, 0.2) is 117 Å². The van der Waals surface area contributed by atoms with E-state index in [1.165, 1.54) is 12.4 Å². The van der Waals surface area contributed by atoms with E-state index >= 15 is 0 Å². The molecule has 17 N–H and O–H groups in total. The molecule has 4 aromatic heterocycles. The number of aromatic nitrogens is 6. The van der Waals surface area contributed by atoms with Gasteiger partial charge in [0, 0.05) is 194 Å². The quantitative estimate of drug-likeness (QED) is 0.0165. The number of anilines is 2. The van der Waals surface area contributed by atoms with Gasteiger partial charge in [-0.25, -0.2) is 26.8 Å². The first kappa shape index (κ1) is 106. The second-order valence-electron chi connectivity index (χ2n) is 29.6. The second-order valence-corrected chi connectivity index (χ2v) is 32.9. The van der Waals surface area contributed by atoms with Crippen molar-refractivity contribution in [1.82, 2.24) is 81.0 Å². The molecule has 130 heavy (non-hydrogen) atoms. The summed E-state index contributed by atoms with van der Waals surface area (Å²) in [6.45, 7) is 12.1. The van der Waals surface area contributed by atoms with Gasteiger partial charge in [0.15, 0.2) is 11.9 Å². The monoisotopic (exact) mass is 1870 g/mol. The lowest BCUT2D eigenvalue weighted by molar-refractivity contribution is -0.139. The second kappa shape index (κ2) is 55.8. The Labute approximate surface area is 755 Å². The lowest BCUT2D eigenvalue weighted by Gasteiger charge is -2.19. The number of imidazole rings is 2. The van der Waals surface area contributed by atoms with Crippen LogP contribution in [0.2, 0.25) is 0 Å². The third kappa shape index (κ3) is 35.3. The Morgan fingerprint density at radius 3 is 1.12 bits per heavy atom. The van der Waals surface area contributed by atoms with E-state index in [0.717, 1.165) is 22.3 Å². The number of carboxylic acids is 2. The Bertz CT molecular complexity index is 5500. The molecular weight excluding hydrogens is 1740 g/mol. The topological polar surface area (TPSA) is 567 Å². The lowest BCUT2D eigenvalue weighted by Crippen LogP contribution is -2.49. The van der Waals surface area contributed by atoms with Crippen LogP contribution in [0, 0.1) is 47.0 Å². The highest BCUT2D eigenvalue weighted by molar-refractivity contribution is 7.90. The summed E-state index contributed by atoms with van der Waals surface area (Å²) in [7, 11) is -7.75. The first-order valence-corrected chi connectivity index (χ1v) is 44.3. The molecule has 2 atom stereocenters. The Morgan fingerprint density at radius 2 is 0.808 bits per heavy atom. The van der Waals surface area contributed by atoms with Gasteiger partial charge in [-0.3, -0.25) is 76.4 Å². The van der Waals surface area contributed by atoms with Gasteiger partial charge in [-0.15, -0.1) is 0 Å². The third-order valence-corrected chi connectivity index (χ3v) is 23.1. The van der Waals surface area contributed by atoms with E-state index in [1.54, 1.807) is 136 Å². The zero-order valence-electron chi connectivity index (χ0n) is 76.2. The van der Waals surface area contributed by atoms with Crippen molar-refractivity contribution < 1.29 is 101 Å². The summed E-state index contributed by atoms with van der Waals surface area (Å²) in [5, 5.41) is 56.1. The predicted molar refractivity (Wildman–Crippen MR) is 486 cm³/mol. The molecule has 0 unspecified atom stereocenters. The number of hydrogen-bond acceptors (Lipinski definition) is 23. The number of rotatable bonds is 54. The number of hydrogen-bond donors (Lipinski definition) is 17. The van der Waals surface area contributed by atoms with E-state index in [4.69, 9.17) is 22.6 Å². The van der Waals surface area contributed by atoms with E-state index in [1.807, 2.05) is 0 Å². The molecule has 39 nitrogen and oxygen atoms in total. The number of carbonyl (C=O) groups excluding carboxylic acids is 8. The van der Waals surface area contributed by atoms with Crippen LogP contribution in [0.5, 0.6) is 0 Å². The lowest BCUT2D eigenvalue weighted by atomic mass is 10.1. The number of sulfonamides is 2. The highest BCUT2D eigenvalue weighted by Gasteiger charge is 2.32. The molecule has 0 bridgehead atoms. The molecule has 714 valence electrons. The number of aryl methyl sites for hydroxylation is 8. The number of aliphatic carboxylic acids is 2. The van der Waals surface area contributed by atoms with Crippen LogP contribution in [0.3, 0.4) is 0 Å². The van der Waals surface area contributed by atoms with Crippen molar-refractivity contribution in [3.63, 3.8) is 0 Å². The molecule has 8 aromatic rings. The van der Waals surface area contributed by atoms with Crippen LogP contribution in [0.25, 0.3) is 21.8 Å². The van der Waals surface area contributed by atoms with Crippen LogP contribution in [-0.2, 0) is 94.1 Å². The summed E-state index contributed by atoms with van der Waals surface area (Å²) in [4.78, 5) is 170. The van der Waals surface area contributed by atoms with Crippen LogP contribution >= 0.6 is 0 Å². The van der Waals surface area contributed by atoms with Crippen molar-refractivity contribution in [2.24, 2.45) is 0 Å². The minimum atomic E-state index is -4.37. The maximum absolute atomic E-state index is 13.9. The molecule has 8 amide bonds. The largest absolute Gasteiger partial charge is 0.480 e. The van der Waals surface area contributed by atoms with Crippen molar-refractivity contribution in [2.45, 2.75) is 174 Å². The Kier molecular flexibility index (Phi) is 45.5. The first-order valence-electron chi connectivity index (χ1n) is 42.7. The maximum atomic E-state index is 13.9. The van der Waals surface area contributed by atoms with E-state index in [9.17, 15) is 93.4 Å². The van der Waals surface area contributed by atoms with Crippen molar-refractivity contribution in [3.8, 4) is 0 Å². The van der Waals surface area contributed by atoms with Crippen molar-refractivity contribution in [1.29, 1.82) is 6.86 Å². The molecule has 0 aliphatic heterocycles. The molecule has 0 fully saturated rings. The maximum Gasteiger partial charge on any atom is 0.323 e. The van der Waals surface area contributed by atoms with Crippen LogP contribution in [0.1, 0.15) is 153 Å². The molecule has 0 aliphatic carbocycles. The summed E-state index contributed by atoms with van der Waals surface area (Å²) in [6, 6.07) is 13.1. The molecule has 0 saturated heterocycles. The van der Waals surface area contributed by atoms with Gasteiger partial charge in [-0.2, -0.15) is 9.44 Å². The summed E-state index contributed by atoms with van der Waals surface area (Å²) in [5.74, 6) is -6.43. The van der Waals surface area contributed by atoms with Gasteiger partial charge >= 0.3 is 11.9 Å². The van der Waals surface area contributed by atoms with Crippen LogP contribution in [-0.4, -0.2) is 228 Å². The number of benzene rings is 4. The molecule has 8 rings (SSSR count). The van der Waals surface area contributed by atoms with E-state index in [2.05, 4.69) is 84.0 Å². The third-order valence-electron chi connectivity index (χ3n) is 19.5. The predicted octanol–water partition coefficient (Wildman–Crippen LogP) is 5.50. The Balaban J connectivity index is 0.00000492. The molecular formula is C86H122F3N19O20S2. The number of alkyl halides is 2. The van der Waals surface area contributed by atoms with Gasteiger partial charge in [-0.1, -0.05) is 55.0 Å². The fourth-order valence-electron chi connectivity index (χ4n) is 13.6. The van der Waals surface area contributed by atoms with Crippen molar-refractivity contribution in [3.05, 3.63) is 174 Å². The molecule has 0 saturated carbocycles. The summed E-state index contributed by atoms with van der Waals surface area (Å²) < 4.78 is 115. The zero-order valence-corrected chi connectivity index (χ0v) is 74.8. The molecule has 0 spiro atoms. The minimum absolute atomic E-state index is 0. The standard InChI is InChI=1S/C83H109N19O20S2.2CH3F.CH4.FH.H2/c1-51-39-53(3)75(54(4)40-51)123(117,118)99-64(80(113)114)47-95-77(110)61-49-101(66-43-57(13-15-59(66)73(61)108)45-97-82-91-29-30-92-82)33-7-23-85-69(104)19-21-71(106)88-26-10-36-121-35-9-25-87-68(103)18-17-63(84)79(112)90-28-12-38-122-37-11-27-89-72(107)22-20-70(105)86-24-8-34-102-50-62(74(109)60-16-14-58(44-67(60)102)46-98-83-93-31-32-94-83)78(111)96-48-65(81(115)116)100-124(119,120)76-55(5)41-52(2)42-56(76)6;2*1-2;;;/h13-16,29-32,39-44,49-50,64-65,84,99-100H,7-12,17-28,33-38,45-48H2,1-6H3,(H,85,104)(H,86,105)(H,87,103)(H,88,106)(H,89,107)(H,90,112)(H,95,110)(H,96,111)(H,113,114)(H,115,116)(H2,91,92,97)(H2,93,94,98);2*1H3;1H4;2*1H/t64-,65-;;;;;/m0...../s1/i;;;;;1+2T/hT. The number of carbonyl (C=O) groups is 10.